The fraction of sp³-hybridized carbons (Fsp3) is 0.714. The summed E-state index contributed by atoms with van der Waals surface area (Å²) in [6.45, 7) is 16.0. The van der Waals surface area contributed by atoms with Crippen LogP contribution in [0.3, 0.4) is 0 Å². The van der Waals surface area contributed by atoms with Crippen LogP contribution in [-0.4, -0.2) is 22.4 Å². The third-order valence-corrected chi connectivity index (χ3v) is 8.71. The molecule has 3 aliphatic carbocycles. The van der Waals surface area contributed by atoms with E-state index in [-0.39, 0.29) is 0 Å². The third kappa shape index (κ3) is 4.86. The van der Waals surface area contributed by atoms with Crippen molar-refractivity contribution in [2.75, 3.05) is 0 Å². The fourth-order valence-electron chi connectivity index (χ4n) is 6.32. The first-order valence-electron chi connectivity index (χ1n) is 12.3. The van der Waals surface area contributed by atoms with E-state index in [1.165, 1.54) is 32.1 Å². The first kappa shape index (κ1) is 23.5. The summed E-state index contributed by atoms with van der Waals surface area (Å²) in [5.41, 5.74) is 3.77. The van der Waals surface area contributed by atoms with Gasteiger partial charge in [-0.05, 0) is 84.7 Å². The fourth-order valence-corrected chi connectivity index (χ4v) is 6.32. The molecule has 2 heteroatoms. The molecule has 3 aliphatic rings. The van der Waals surface area contributed by atoms with Crippen LogP contribution in [0, 0.1) is 35.0 Å². The molecule has 7 atom stereocenters. The van der Waals surface area contributed by atoms with E-state index in [1.54, 1.807) is 5.57 Å². The molecule has 0 heterocycles. The third-order valence-electron chi connectivity index (χ3n) is 8.71. The van der Waals surface area contributed by atoms with Gasteiger partial charge >= 0.3 is 0 Å². The molecule has 0 aliphatic heterocycles. The van der Waals surface area contributed by atoms with Gasteiger partial charge in [0.05, 0.1) is 12.2 Å². The van der Waals surface area contributed by atoms with E-state index in [0.717, 1.165) is 17.1 Å². The lowest BCUT2D eigenvalue weighted by molar-refractivity contribution is 0.0862. The van der Waals surface area contributed by atoms with Crippen molar-refractivity contribution in [3.8, 4) is 0 Å². The lowest BCUT2D eigenvalue weighted by atomic mass is 9.61. The highest BCUT2D eigenvalue weighted by Crippen LogP contribution is 2.59. The molecular weight excluding hydrogens is 368 g/mol. The van der Waals surface area contributed by atoms with Gasteiger partial charge in [0, 0.05) is 6.42 Å². The molecule has 0 aromatic carbocycles. The molecule has 0 radical (unpaired) electrons. The van der Waals surface area contributed by atoms with Crippen LogP contribution < -0.4 is 0 Å². The van der Waals surface area contributed by atoms with Crippen molar-refractivity contribution < 1.29 is 10.2 Å². The van der Waals surface area contributed by atoms with E-state index < -0.39 is 12.2 Å². The van der Waals surface area contributed by atoms with E-state index in [0.29, 0.717) is 41.9 Å². The van der Waals surface area contributed by atoms with Crippen LogP contribution in [0.25, 0.3) is 0 Å². The van der Waals surface area contributed by atoms with Gasteiger partial charge in [-0.15, -0.1) is 0 Å². The van der Waals surface area contributed by atoms with E-state index >= 15 is 0 Å². The Balaban J connectivity index is 1.76. The van der Waals surface area contributed by atoms with Gasteiger partial charge in [-0.25, -0.2) is 0 Å². The molecule has 3 saturated carbocycles. The number of hydrogen-bond donors (Lipinski definition) is 2. The number of fused-ring (bicyclic) bond motifs is 1. The van der Waals surface area contributed by atoms with Crippen LogP contribution in [0.2, 0.25) is 0 Å². The second kappa shape index (κ2) is 9.57. The second-order valence-electron chi connectivity index (χ2n) is 11.0. The molecule has 3 rings (SSSR count). The van der Waals surface area contributed by atoms with Gasteiger partial charge in [-0.1, -0.05) is 71.1 Å². The molecule has 0 saturated heterocycles. The Morgan fingerprint density at radius 1 is 1.07 bits per heavy atom. The van der Waals surface area contributed by atoms with Gasteiger partial charge in [-0.2, -0.15) is 0 Å². The highest BCUT2D eigenvalue weighted by molar-refractivity contribution is 5.38. The maximum absolute atomic E-state index is 10.1. The van der Waals surface area contributed by atoms with Gasteiger partial charge in [0.2, 0.25) is 0 Å². The highest BCUT2D eigenvalue weighted by atomic mass is 16.3. The number of rotatable bonds is 5. The molecule has 2 N–H and O–H groups in total. The summed E-state index contributed by atoms with van der Waals surface area (Å²) < 4.78 is 0. The van der Waals surface area contributed by atoms with E-state index in [4.69, 9.17) is 0 Å². The van der Waals surface area contributed by atoms with Crippen molar-refractivity contribution in [3.05, 3.63) is 47.6 Å². The molecule has 2 nitrogen and oxygen atoms in total. The van der Waals surface area contributed by atoms with Crippen molar-refractivity contribution in [1.29, 1.82) is 0 Å². The van der Waals surface area contributed by atoms with Gasteiger partial charge in [0.15, 0.2) is 0 Å². The van der Waals surface area contributed by atoms with Crippen molar-refractivity contribution >= 4 is 0 Å². The summed E-state index contributed by atoms with van der Waals surface area (Å²) in [5.74, 6) is 3.38. The second-order valence-corrected chi connectivity index (χ2v) is 11.0. The minimum atomic E-state index is -0.605. The van der Waals surface area contributed by atoms with Crippen LogP contribution in [0.5, 0.6) is 0 Å². The SMILES string of the molecule is C=C1/C(=C\C=C2/CCC[C@@]3(C)C2CC[C@@H]3[C@H](C)/C=C/[C@H](C)C(C)C)C[C@@H](O)C[C@@H]1O. The Hall–Kier alpha value is -1.12. The molecule has 0 aromatic heterocycles. The van der Waals surface area contributed by atoms with Gasteiger partial charge in [0.25, 0.3) is 0 Å². The summed E-state index contributed by atoms with van der Waals surface area (Å²) >= 11 is 0. The zero-order chi connectivity index (χ0) is 22.1. The molecule has 0 aromatic rings. The molecule has 30 heavy (non-hydrogen) atoms. The largest absolute Gasteiger partial charge is 0.393 e. The summed E-state index contributed by atoms with van der Waals surface area (Å²) in [7, 11) is 0. The van der Waals surface area contributed by atoms with Gasteiger partial charge < -0.3 is 10.2 Å². The molecule has 3 fully saturated rings. The summed E-state index contributed by atoms with van der Waals surface area (Å²) in [5, 5.41) is 20.2. The quantitative estimate of drug-likeness (QED) is 0.499. The molecular formula is C28H44O2. The minimum Gasteiger partial charge on any atom is -0.393 e. The molecule has 0 bridgehead atoms. The number of allylic oxidation sites excluding steroid dienone is 5. The topological polar surface area (TPSA) is 40.5 Å². The Morgan fingerprint density at radius 2 is 1.80 bits per heavy atom. The normalized spacial score (nSPS) is 39.8. The Morgan fingerprint density at radius 3 is 2.50 bits per heavy atom. The predicted molar refractivity (Wildman–Crippen MR) is 127 cm³/mol. The Labute approximate surface area is 184 Å². The molecule has 1 unspecified atom stereocenters. The van der Waals surface area contributed by atoms with E-state index in [1.807, 2.05) is 0 Å². The maximum atomic E-state index is 10.1. The summed E-state index contributed by atoms with van der Waals surface area (Å²) in [6, 6.07) is 0. The maximum Gasteiger partial charge on any atom is 0.0811 e. The van der Waals surface area contributed by atoms with Gasteiger partial charge in [0.1, 0.15) is 0 Å². The predicted octanol–water partition coefficient (Wildman–Crippen LogP) is 6.61. The number of aliphatic hydroxyl groups excluding tert-OH is 2. The Bertz CT molecular complexity index is 712. The van der Waals surface area contributed by atoms with Crippen LogP contribution in [0.4, 0.5) is 0 Å². The van der Waals surface area contributed by atoms with Crippen LogP contribution in [0.15, 0.2) is 47.6 Å². The van der Waals surface area contributed by atoms with Crippen LogP contribution >= 0.6 is 0 Å². The molecule has 0 spiro atoms. The van der Waals surface area contributed by atoms with Gasteiger partial charge in [-0.3, -0.25) is 0 Å². The average molecular weight is 413 g/mol. The van der Waals surface area contributed by atoms with Crippen molar-refractivity contribution in [2.24, 2.45) is 35.0 Å². The van der Waals surface area contributed by atoms with Crippen molar-refractivity contribution in [3.63, 3.8) is 0 Å². The molecule has 0 amide bonds. The lowest BCUT2D eigenvalue weighted by Crippen LogP contribution is -2.35. The van der Waals surface area contributed by atoms with Crippen LogP contribution in [0.1, 0.15) is 79.6 Å². The van der Waals surface area contributed by atoms with E-state index in [9.17, 15) is 10.2 Å². The van der Waals surface area contributed by atoms with Crippen molar-refractivity contribution in [1.82, 2.24) is 0 Å². The monoisotopic (exact) mass is 412 g/mol. The first-order chi connectivity index (χ1) is 14.1. The highest BCUT2D eigenvalue weighted by Gasteiger charge is 2.50. The molecule has 168 valence electrons. The summed E-state index contributed by atoms with van der Waals surface area (Å²) in [6.07, 6.45) is 15.8. The smallest absolute Gasteiger partial charge is 0.0811 e. The zero-order valence-electron chi connectivity index (χ0n) is 19.9. The average Bonchev–Trinajstić information content (AvgIpc) is 3.04. The van der Waals surface area contributed by atoms with Crippen LogP contribution in [-0.2, 0) is 0 Å². The number of aliphatic hydroxyl groups is 2. The standard InChI is InChI=1S/C28H44O2/c1-18(2)19(3)9-10-20(4)25-13-14-26-22(8-7-15-28(25,26)6)11-12-23-16-24(29)17-27(30)21(23)5/h9-12,18-20,24-27,29-30H,5,7-8,13-17H2,1-4,6H3/b10-9+,22-11+,23-12-/t19-,20+,24+,25+,26?,27-,28+/m0/s1. The summed E-state index contributed by atoms with van der Waals surface area (Å²) in [4.78, 5) is 0. The van der Waals surface area contributed by atoms with E-state index in [2.05, 4.69) is 65.5 Å². The zero-order valence-corrected chi connectivity index (χ0v) is 19.9. The Kier molecular flexibility index (Phi) is 7.51. The van der Waals surface area contributed by atoms with Crippen molar-refractivity contribution in [2.45, 2.75) is 91.8 Å². The minimum absolute atomic E-state index is 0.385. The lowest BCUT2D eigenvalue weighted by Gasteiger charge is -2.44. The first-order valence-corrected chi connectivity index (χ1v) is 12.3. The number of hydrogen-bond acceptors (Lipinski definition) is 2.